The van der Waals surface area contributed by atoms with Gasteiger partial charge in [-0.1, -0.05) is 71.6 Å². The monoisotopic (exact) mass is 315 g/mol. The lowest BCUT2D eigenvalue weighted by Crippen LogP contribution is -2.10. The zero-order valence-corrected chi connectivity index (χ0v) is 14.1. The van der Waals surface area contributed by atoms with Crippen LogP contribution in [0.1, 0.15) is 103 Å². The van der Waals surface area contributed by atoms with Crippen LogP contribution in [0.5, 0.6) is 0 Å². The van der Waals surface area contributed by atoms with Crippen molar-refractivity contribution in [3.8, 4) is 0 Å². The summed E-state index contributed by atoms with van der Waals surface area (Å²) in [5, 5.41) is 3.98. The van der Waals surface area contributed by atoms with Gasteiger partial charge in [0.1, 0.15) is 6.33 Å². The maximum absolute atomic E-state index is 12.6. The Hall–Kier alpha value is -1.00. The van der Waals surface area contributed by atoms with E-state index in [1.165, 1.54) is 51.3 Å². The molecule has 0 radical (unpaired) electrons. The molecule has 22 heavy (non-hydrogen) atoms. The quantitative estimate of drug-likeness (QED) is 0.412. The van der Waals surface area contributed by atoms with Crippen LogP contribution in [0.3, 0.4) is 0 Å². The first-order chi connectivity index (χ1) is 10.7. The third kappa shape index (κ3) is 7.32. The Morgan fingerprint density at radius 2 is 1.45 bits per heavy atom. The smallest absolute Gasteiger partial charge is 0.249 e. The van der Waals surface area contributed by atoms with E-state index in [-0.39, 0.29) is 11.9 Å². The minimum atomic E-state index is -2.58. The summed E-state index contributed by atoms with van der Waals surface area (Å²) in [4.78, 5) is 3.74. The fourth-order valence-electron chi connectivity index (χ4n) is 2.76. The molecule has 0 aliphatic heterocycles. The fourth-order valence-corrected chi connectivity index (χ4v) is 2.76. The summed E-state index contributed by atoms with van der Waals surface area (Å²) in [5.74, 6) is -0.343. The largest absolute Gasteiger partial charge is 0.299 e. The molecular weight excluding hydrogens is 284 g/mol. The molecule has 1 atom stereocenters. The lowest BCUT2D eigenvalue weighted by atomic mass is 10.0. The molecule has 0 aromatic carbocycles. The minimum Gasteiger partial charge on any atom is -0.249 e. The molecule has 5 heteroatoms. The molecule has 0 saturated carbocycles. The zero-order chi connectivity index (χ0) is 16.2. The van der Waals surface area contributed by atoms with Crippen LogP contribution < -0.4 is 0 Å². The SMILES string of the molecule is CCCCCCCC(CCCCCC)n1cnc(C(F)F)n1. The normalized spacial score (nSPS) is 13.0. The molecule has 1 aromatic rings. The number of alkyl halides is 2. The van der Waals surface area contributed by atoms with Crippen LogP contribution in [0.4, 0.5) is 8.78 Å². The van der Waals surface area contributed by atoms with E-state index in [1.54, 1.807) is 4.68 Å². The first-order valence-corrected chi connectivity index (χ1v) is 8.88. The molecule has 128 valence electrons. The van der Waals surface area contributed by atoms with E-state index in [2.05, 4.69) is 23.9 Å². The van der Waals surface area contributed by atoms with Crippen molar-refractivity contribution >= 4 is 0 Å². The number of rotatable bonds is 13. The van der Waals surface area contributed by atoms with Crippen LogP contribution in [-0.2, 0) is 0 Å². The molecule has 1 rings (SSSR count). The first-order valence-electron chi connectivity index (χ1n) is 8.88. The van der Waals surface area contributed by atoms with E-state index < -0.39 is 6.43 Å². The van der Waals surface area contributed by atoms with Crippen molar-refractivity contribution in [3.63, 3.8) is 0 Å². The molecule has 0 bridgehead atoms. The Morgan fingerprint density at radius 1 is 0.909 bits per heavy atom. The van der Waals surface area contributed by atoms with Crippen LogP contribution in [0.15, 0.2) is 6.33 Å². The molecular formula is C17H31F2N3. The van der Waals surface area contributed by atoms with Crippen molar-refractivity contribution in [2.45, 2.75) is 96.9 Å². The highest BCUT2D eigenvalue weighted by molar-refractivity contribution is 4.84. The van der Waals surface area contributed by atoms with Crippen molar-refractivity contribution in [3.05, 3.63) is 12.2 Å². The Balaban J connectivity index is 2.48. The molecule has 0 N–H and O–H groups in total. The maximum Gasteiger partial charge on any atom is 0.299 e. The summed E-state index contributed by atoms with van der Waals surface area (Å²) in [6, 6.07) is 0.221. The molecule has 0 fully saturated rings. The summed E-state index contributed by atoms with van der Waals surface area (Å²) in [6.45, 7) is 4.40. The Morgan fingerprint density at radius 3 is 1.95 bits per heavy atom. The molecule has 1 aromatic heterocycles. The molecule has 0 aliphatic rings. The molecule has 0 saturated heterocycles. The summed E-state index contributed by atoms with van der Waals surface area (Å²) < 4.78 is 27.0. The average Bonchev–Trinajstić information content (AvgIpc) is 2.99. The van der Waals surface area contributed by atoms with Gasteiger partial charge in [-0.05, 0) is 12.8 Å². The molecule has 0 aliphatic carbocycles. The third-order valence-corrected chi connectivity index (χ3v) is 4.13. The second-order valence-electron chi connectivity index (χ2n) is 6.09. The van der Waals surface area contributed by atoms with Gasteiger partial charge in [-0.3, -0.25) is 0 Å². The minimum absolute atomic E-state index is 0.221. The van der Waals surface area contributed by atoms with Crippen LogP contribution in [0.25, 0.3) is 0 Å². The van der Waals surface area contributed by atoms with E-state index in [4.69, 9.17) is 0 Å². The Labute approximate surface area is 133 Å². The number of halogens is 2. The van der Waals surface area contributed by atoms with Gasteiger partial charge < -0.3 is 0 Å². The Bertz CT molecular complexity index is 380. The number of nitrogens with zero attached hydrogens (tertiary/aromatic N) is 3. The van der Waals surface area contributed by atoms with E-state index in [0.29, 0.717) is 0 Å². The Kier molecular flexibility index (Phi) is 10.0. The summed E-state index contributed by atoms with van der Waals surface area (Å²) in [5.41, 5.74) is 0. The topological polar surface area (TPSA) is 30.7 Å². The molecule has 3 nitrogen and oxygen atoms in total. The summed E-state index contributed by atoms with van der Waals surface area (Å²) in [6.07, 6.45) is 11.9. The predicted molar refractivity (Wildman–Crippen MR) is 86.2 cm³/mol. The highest BCUT2D eigenvalue weighted by Crippen LogP contribution is 2.24. The van der Waals surface area contributed by atoms with Crippen LogP contribution in [0, 0.1) is 0 Å². The summed E-state index contributed by atoms with van der Waals surface area (Å²) >= 11 is 0. The molecule has 0 spiro atoms. The maximum atomic E-state index is 12.6. The fraction of sp³-hybridized carbons (Fsp3) is 0.882. The van der Waals surface area contributed by atoms with Crippen LogP contribution in [-0.4, -0.2) is 14.8 Å². The molecule has 1 heterocycles. The average molecular weight is 315 g/mol. The second-order valence-corrected chi connectivity index (χ2v) is 6.09. The first kappa shape index (κ1) is 19.0. The molecule has 1 unspecified atom stereocenters. The number of aromatic nitrogens is 3. The number of unbranched alkanes of at least 4 members (excludes halogenated alkanes) is 7. The van der Waals surface area contributed by atoms with E-state index in [1.807, 2.05) is 0 Å². The third-order valence-electron chi connectivity index (χ3n) is 4.13. The van der Waals surface area contributed by atoms with Gasteiger partial charge in [0.15, 0.2) is 0 Å². The van der Waals surface area contributed by atoms with Gasteiger partial charge in [-0.15, -0.1) is 5.10 Å². The van der Waals surface area contributed by atoms with Crippen LogP contribution >= 0.6 is 0 Å². The molecule has 0 amide bonds. The van der Waals surface area contributed by atoms with E-state index in [9.17, 15) is 8.78 Å². The van der Waals surface area contributed by atoms with E-state index in [0.717, 1.165) is 25.7 Å². The van der Waals surface area contributed by atoms with Gasteiger partial charge in [-0.2, -0.15) is 0 Å². The van der Waals surface area contributed by atoms with Gasteiger partial charge in [0.05, 0.1) is 6.04 Å². The van der Waals surface area contributed by atoms with Gasteiger partial charge in [-0.25, -0.2) is 18.4 Å². The van der Waals surface area contributed by atoms with Crippen molar-refractivity contribution in [1.82, 2.24) is 14.8 Å². The lowest BCUT2D eigenvalue weighted by molar-refractivity contribution is 0.139. The van der Waals surface area contributed by atoms with Gasteiger partial charge in [0.2, 0.25) is 5.82 Å². The van der Waals surface area contributed by atoms with Gasteiger partial charge in [0.25, 0.3) is 6.43 Å². The highest BCUT2D eigenvalue weighted by atomic mass is 19.3. The summed E-state index contributed by atoms with van der Waals surface area (Å²) in [7, 11) is 0. The van der Waals surface area contributed by atoms with Crippen molar-refractivity contribution in [2.75, 3.05) is 0 Å². The standard InChI is InChI=1S/C17H31F2N3/c1-3-5-7-9-11-13-15(12-10-8-6-4-2)22-14-20-17(21-22)16(18)19/h14-16H,3-13H2,1-2H3. The van der Waals surface area contributed by atoms with Crippen molar-refractivity contribution in [1.29, 1.82) is 0 Å². The second kappa shape index (κ2) is 11.6. The predicted octanol–water partition coefficient (Wildman–Crippen LogP) is 6.09. The van der Waals surface area contributed by atoms with Gasteiger partial charge >= 0.3 is 0 Å². The number of hydrogen-bond acceptors (Lipinski definition) is 2. The van der Waals surface area contributed by atoms with Gasteiger partial charge in [0, 0.05) is 0 Å². The lowest BCUT2D eigenvalue weighted by Gasteiger charge is -2.17. The van der Waals surface area contributed by atoms with Crippen LogP contribution in [0.2, 0.25) is 0 Å². The van der Waals surface area contributed by atoms with Crippen molar-refractivity contribution in [2.24, 2.45) is 0 Å². The van der Waals surface area contributed by atoms with Crippen molar-refractivity contribution < 1.29 is 8.78 Å². The highest BCUT2D eigenvalue weighted by Gasteiger charge is 2.17. The zero-order valence-electron chi connectivity index (χ0n) is 14.1. The number of hydrogen-bond donors (Lipinski definition) is 0. The van der Waals surface area contributed by atoms with E-state index >= 15 is 0 Å².